The lowest BCUT2D eigenvalue weighted by atomic mass is 9.92. The molecule has 0 fully saturated rings. The lowest BCUT2D eigenvalue weighted by Crippen LogP contribution is -2.28. The summed E-state index contributed by atoms with van der Waals surface area (Å²) in [7, 11) is 0. The van der Waals surface area contributed by atoms with Gasteiger partial charge < -0.3 is 15.6 Å². The number of amides is 1. The van der Waals surface area contributed by atoms with Crippen LogP contribution in [0.25, 0.3) is 0 Å². The van der Waals surface area contributed by atoms with Gasteiger partial charge in [0.15, 0.2) is 5.78 Å². The number of aromatic nitrogens is 1. The maximum atomic E-state index is 13.2. The minimum Gasteiger partial charge on any atom is -0.356 e. The summed E-state index contributed by atoms with van der Waals surface area (Å²) in [5.41, 5.74) is 9.91. The molecule has 0 atom stereocenters. The first-order chi connectivity index (χ1) is 13.0. The molecule has 28 heavy (non-hydrogen) atoms. The van der Waals surface area contributed by atoms with Crippen LogP contribution in [-0.4, -0.2) is 29.3 Å². The van der Waals surface area contributed by atoms with Crippen molar-refractivity contribution in [3.63, 3.8) is 0 Å². The monoisotopic (exact) mass is 407 g/mol. The largest absolute Gasteiger partial charge is 0.356 e. The zero-order valence-electron chi connectivity index (χ0n) is 16.1. The van der Waals surface area contributed by atoms with Crippen molar-refractivity contribution < 1.29 is 14.0 Å². The van der Waals surface area contributed by atoms with Crippen molar-refractivity contribution in [2.75, 3.05) is 13.1 Å². The molecule has 1 aliphatic rings. The molecule has 7 heteroatoms. The summed E-state index contributed by atoms with van der Waals surface area (Å²) in [4.78, 5) is 24.9. The number of carbonyl (C=O) groups is 2. The van der Waals surface area contributed by atoms with Crippen LogP contribution in [0.5, 0.6) is 0 Å². The molecule has 0 saturated heterocycles. The van der Waals surface area contributed by atoms with Gasteiger partial charge in [0.05, 0.1) is 6.42 Å². The molecule has 0 spiro atoms. The van der Waals surface area contributed by atoms with E-state index in [-0.39, 0.29) is 36.3 Å². The second kappa shape index (κ2) is 9.85. The molecule has 0 radical (unpaired) electrons. The van der Waals surface area contributed by atoms with E-state index >= 15 is 0 Å². The number of nitrogens with one attached hydrogen (secondary N) is 1. The van der Waals surface area contributed by atoms with E-state index in [9.17, 15) is 14.0 Å². The van der Waals surface area contributed by atoms with Gasteiger partial charge in [-0.2, -0.15) is 0 Å². The summed E-state index contributed by atoms with van der Waals surface area (Å²) in [5, 5.41) is 2.86. The number of hydrogen-bond acceptors (Lipinski definition) is 3. The fourth-order valence-electron chi connectivity index (χ4n) is 3.74. The summed E-state index contributed by atoms with van der Waals surface area (Å²) in [6.07, 6.45) is 3.09. The lowest BCUT2D eigenvalue weighted by molar-refractivity contribution is -0.120. The Labute approximate surface area is 170 Å². The van der Waals surface area contributed by atoms with Gasteiger partial charge in [0.1, 0.15) is 5.82 Å². The van der Waals surface area contributed by atoms with E-state index in [0.29, 0.717) is 26.1 Å². The first kappa shape index (κ1) is 22.1. The van der Waals surface area contributed by atoms with Crippen LogP contribution in [0.2, 0.25) is 0 Å². The minimum absolute atomic E-state index is 0. The SMILES string of the molecule is Cc1c(CC(=O)NCCCN)c2c(n1Cc1ccc(F)cc1)CCCC2=O.Cl. The van der Waals surface area contributed by atoms with E-state index in [0.717, 1.165) is 47.3 Å². The number of carbonyl (C=O) groups excluding carboxylic acids is 2. The highest BCUT2D eigenvalue weighted by molar-refractivity contribution is 6.01. The van der Waals surface area contributed by atoms with Gasteiger partial charge in [-0.15, -0.1) is 12.4 Å². The Morgan fingerprint density at radius 1 is 1.25 bits per heavy atom. The van der Waals surface area contributed by atoms with Crippen molar-refractivity contribution in [3.05, 3.63) is 58.2 Å². The number of Topliss-reactive ketones (excluding diaryl/α,β-unsaturated/α-hetero) is 1. The zero-order valence-corrected chi connectivity index (χ0v) is 16.9. The molecule has 1 aromatic carbocycles. The quantitative estimate of drug-likeness (QED) is 0.693. The predicted octanol–water partition coefficient (Wildman–Crippen LogP) is 2.93. The molecule has 0 unspecified atom stereocenters. The molecule has 152 valence electrons. The molecule has 1 aliphatic carbocycles. The summed E-state index contributed by atoms with van der Waals surface area (Å²) in [6, 6.07) is 6.39. The standard InChI is InChI=1S/C21H26FN3O2.ClH/c1-14-17(12-20(27)24-11-3-10-23)21-18(4-2-5-19(21)26)25(14)13-15-6-8-16(22)9-7-15;/h6-9H,2-5,10-13,23H2,1H3,(H,24,27);1H. The Morgan fingerprint density at radius 2 is 1.96 bits per heavy atom. The fraction of sp³-hybridized carbons (Fsp3) is 0.429. The van der Waals surface area contributed by atoms with Crippen molar-refractivity contribution in [1.82, 2.24) is 9.88 Å². The van der Waals surface area contributed by atoms with Gasteiger partial charge in [-0.1, -0.05) is 12.1 Å². The van der Waals surface area contributed by atoms with Gasteiger partial charge in [-0.05, 0) is 56.0 Å². The second-order valence-electron chi connectivity index (χ2n) is 7.04. The van der Waals surface area contributed by atoms with Crippen LogP contribution in [-0.2, 0) is 24.2 Å². The smallest absolute Gasteiger partial charge is 0.224 e. The van der Waals surface area contributed by atoms with Crippen molar-refractivity contribution >= 4 is 24.1 Å². The number of fused-ring (bicyclic) bond motifs is 1. The molecule has 0 saturated carbocycles. The van der Waals surface area contributed by atoms with Crippen molar-refractivity contribution in [1.29, 1.82) is 0 Å². The van der Waals surface area contributed by atoms with Crippen LogP contribution >= 0.6 is 12.4 Å². The van der Waals surface area contributed by atoms with Crippen molar-refractivity contribution in [2.24, 2.45) is 5.73 Å². The van der Waals surface area contributed by atoms with E-state index in [2.05, 4.69) is 9.88 Å². The van der Waals surface area contributed by atoms with Crippen molar-refractivity contribution in [3.8, 4) is 0 Å². The van der Waals surface area contributed by atoms with Crippen LogP contribution in [0.4, 0.5) is 4.39 Å². The number of nitrogens with zero attached hydrogens (tertiary/aromatic N) is 1. The van der Waals surface area contributed by atoms with Crippen LogP contribution in [0.3, 0.4) is 0 Å². The van der Waals surface area contributed by atoms with Crippen molar-refractivity contribution in [2.45, 2.75) is 45.6 Å². The Morgan fingerprint density at radius 3 is 2.64 bits per heavy atom. The number of nitrogens with two attached hydrogens (primary N) is 1. The van der Waals surface area contributed by atoms with Gasteiger partial charge in [0, 0.05) is 36.5 Å². The third-order valence-corrected chi connectivity index (χ3v) is 5.15. The summed E-state index contributed by atoms with van der Waals surface area (Å²) in [6.45, 7) is 3.59. The fourth-order valence-corrected chi connectivity index (χ4v) is 3.74. The van der Waals surface area contributed by atoms with E-state index in [1.807, 2.05) is 6.92 Å². The molecular formula is C21H27ClFN3O2. The van der Waals surface area contributed by atoms with E-state index in [1.165, 1.54) is 12.1 Å². The van der Waals surface area contributed by atoms with Crippen LogP contribution in [0, 0.1) is 12.7 Å². The molecule has 3 N–H and O–H groups in total. The highest BCUT2D eigenvalue weighted by Gasteiger charge is 2.28. The molecule has 0 aliphatic heterocycles. The highest BCUT2D eigenvalue weighted by atomic mass is 35.5. The predicted molar refractivity (Wildman–Crippen MR) is 110 cm³/mol. The number of halogens is 2. The summed E-state index contributed by atoms with van der Waals surface area (Å²) < 4.78 is 15.3. The average Bonchev–Trinajstić information content (AvgIpc) is 2.90. The minimum atomic E-state index is -0.268. The molecule has 3 rings (SSSR count). The topological polar surface area (TPSA) is 77.1 Å². The molecule has 2 aromatic rings. The Hall–Kier alpha value is -2.18. The van der Waals surface area contributed by atoms with Gasteiger partial charge in [0.2, 0.25) is 5.91 Å². The maximum Gasteiger partial charge on any atom is 0.224 e. The zero-order chi connectivity index (χ0) is 19.4. The maximum absolute atomic E-state index is 13.2. The van der Waals surface area contributed by atoms with Crippen LogP contribution in [0.1, 0.15) is 52.1 Å². The van der Waals surface area contributed by atoms with Crippen LogP contribution < -0.4 is 11.1 Å². The molecule has 1 aromatic heterocycles. The van der Waals surface area contributed by atoms with Gasteiger partial charge in [-0.3, -0.25) is 9.59 Å². The molecule has 0 bridgehead atoms. The Kier molecular flexibility index (Phi) is 7.78. The first-order valence-corrected chi connectivity index (χ1v) is 9.46. The molecular weight excluding hydrogens is 381 g/mol. The summed E-state index contributed by atoms with van der Waals surface area (Å²) >= 11 is 0. The highest BCUT2D eigenvalue weighted by Crippen LogP contribution is 2.31. The van der Waals surface area contributed by atoms with Gasteiger partial charge in [-0.25, -0.2) is 4.39 Å². The first-order valence-electron chi connectivity index (χ1n) is 9.46. The molecule has 5 nitrogen and oxygen atoms in total. The number of rotatable bonds is 7. The summed E-state index contributed by atoms with van der Waals surface area (Å²) in [5.74, 6) is -0.247. The Balaban J connectivity index is 0.00000280. The Bertz CT molecular complexity index is 846. The third-order valence-electron chi connectivity index (χ3n) is 5.15. The third kappa shape index (κ3) is 4.80. The van der Waals surface area contributed by atoms with E-state index in [1.54, 1.807) is 12.1 Å². The van der Waals surface area contributed by atoms with Crippen LogP contribution in [0.15, 0.2) is 24.3 Å². The van der Waals surface area contributed by atoms with Gasteiger partial charge in [0.25, 0.3) is 0 Å². The lowest BCUT2D eigenvalue weighted by Gasteiger charge is -2.16. The van der Waals surface area contributed by atoms with E-state index in [4.69, 9.17) is 5.73 Å². The number of benzene rings is 1. The molecule has 1 amide bonds. The average molecular weight is 408 g/mol. The number of ketones is 1. The second-order valence-corrected chi connectivity index (χ2v) is 7.04. The normalized spacial score (nSPS) is 13.0. The van der Waals surface area contributed by atoms with Gasteiger partial charge >= 0.3 is 0 Å². The molecule has 1 heterocycles. The van der Waals surface area contributed by atoms with E-state index < -0.39 is 0 Å². The number of hydrogen-bond donors (Lipinski definition) is 2.